The Morgan fingerprint density at radius 3 is 2.38 bits per heavy atom. The van der Waals surface area contributed by atoms with Gasteiger partial charge in [-0.2, -0.15) is 0 Å². The maximum absolute atomic E-state index is 12.7. The molecule has 5 heteroatoms. The number of phosphoric acid groups is 1. The van der Waals surface area contributed by atoms with Crippen LogP contribution in [0.3, 0.4) is 0 Å². The number of benzene rings is 2. The first-order chi connectivity index (χ1) is 10.3. The van der Waals surface area contributed by atoms with Gasteiger partial charge in [-0.1, -0.05) is 48.5 Å². The van der Waals surface area contributed by atoms with Gasteiger partial charge in [0, 0.05) is 0 Å². The van der Waals surface area contributed by atoms with Crippen molar-refractivity contribution in [3.63, 3.8) is 0 Å². The summed E-state index contributed by atoms with van der Waals surface area (Å²) in [5, 5.41) is 0. The van der Waals surface area contributed by atoms with Gasteiger partial charge in [0.1, 0.15) is 5.75 Å². The Bertz CT molecular complexity index is 615. The van der Waals surface area contributed by atoms with Crippen LogP contribution in [0.1, 0.15) is 24.5 Å². The minimum atomic E-state index is -3.60. The van der Waals surface area contributed by atoms with Gasteiger partial charge >= 0.3 is 7.82 Å². The molecule has 1 heterocycles. The molecule has 0 spiro atoms. The predicted molar refractivity (Wildman–Crippen MR) is 80.1 cm³/mol. The molecular weight excluding hydrogens is 287 g/mol. The number of rotatable bonds is 3. The van der Waals surface area contributed by atoms with Crippen LogP contribution in [0.25, 0.3) is 0 Å². The highest BCUT2D eigenvalue weighted by atomic mass is 31.2. The van der Waals surface area contributed by atoms with Crippen LogP contribution in [0.4, 0.5) is 0 Å². The van der Waals surface area contributed by atoms with E-state index in [0.717, 1.165) is 18.4 Å². The van der Waals surface area contributed by atoms with E-state index < -0.39 is 7.82 Å². The summed E-state index contributed by atoms with van der Waals surface area (Å²) in [6, 6.07) is 18.7. The first kappa shape index (κ1) is 14.3. The minimum Gasteiger partial charge on any atom is -0.404 e. The Labute approximate surface area is 124 Å². The van der Waals surface area contributed by atoms with Gasteiger partial charge in [0.15, 0.2) is 0 Å². The Morgan fingerprint density at radius 1 is 1.00 bits per heavy atom. The lowest BCUT2D eigenvalue weighted by molar-refractivity contribution is 0.135. The third-order valence-corrected chi connectivity index (χ3v) is 4.69. The summed E-state index contributed by atoms with van der Waals surface area (Å²) in [5.41, 5.74) is 0.986. The number of hydrogen-bond donors (Lipinski definition) is 0. The minimum absolute atomic E-state index is 0.275. The van der Waals surface area contributed by atoms with Crippen molar-refractivity contribution in [3.8, 4) is 5.75 Å². The quantitative estimate of drug-likeness (QED) is 0.768. The van der Waals surface area contributed by atoms with E-state index in [4.69, 9.17) is 13.6 Å². The van der Waals surface area contributed by atoms with E-state index in [2.05, 4.69) is 0 Å². The van der Waals surface area contributed by atoms with Crippen LogP contribution >= 0.6 is 7.82 Å². The van der Waals surface area contributed by atoms with Gasteiger partial charge in [0.25, 0.3) is 0 Å². The zero-order valence-electron chi connectivity index (χ0n) is 11.6. The lowest BCUT2D eigenvalue weighted by Gasteiger charge is -2.20. The highest BCUT2D eigenvalue weighted by molar-refractivity contribution is 7.49. The summed E-state index contributed by atoms with van der Waals surface area (Å²) in [6.07, 6.45) is 1.26. The topological polar surface area (TPSA) is 44.8 Å². The molecule has 0 amide bonds. The highest BCUT2D eigenvalue weighted by Gasteiger charge is 2.35. The van der Waals surface area contributed by atoms with Crippen molar-refractivity contribution >= 4 is 7.82 Å². The monoisotopic (exact) mass is 304 g/mol. The molecule has 1 aliphatic rings. The lowest BCUT2D eigenvalue weighted by Crippen LogP contribution is -2.04. The van der Waals surface area contributed by atoms with E-state index in [9.17, 15) is 4.57 Å². The van der Waals surface area contributed by atoms with Crippen molar-refractivity contribution in [2.24, 2.45) is 0 Å². The molecule has 1 fully saturated rings. The standard InChI is InChI=1S/C16H17O4P/c17-21(19-15-10-5-2-6-11-15)18-13-7-12-16(20-21)14-8-3-1-4-9-14/h1-6,8-11,16H,7,12-13H2/t16-,21-/m1/s1. The Balaban J connectivity index is 1.80. The van der Waals surface area contributed by atoms with E-state index in [-0.39, 0.29) is 6.10 Å². The van der Waals surface area contributed by atoms with Crippen LogP contribution in [0.5, 0.6) is 5.75 Å². The van der Waals surface area contributed by atoms with Crippen molar-refractivity contribution in [2.45, 2.75) is 18.9 Å². The zero-order valence-corrected chi connectivity index (χ0v) is 12.4. The van der Waals surface area contributed by atoms with Gasteiger partial charge in [-0.15, -0.1) is 0 Å². The summed E-state index contributed by atoms with van der Waals surface area (Å²) in [6.45, 7) is 0.368. The van der Waals surface area contributed by atoms with Crippen molar-refractivity contribution in [2.75, 3.05) is 6.61 Å². The fourth-order valence-corrected chi connectivity index (χ4v) is 3.67. The average molecular weight is 304 g/mol. The molecule has 0 radical (unpaired) electrons. The van der Waals surface area contributed by atoms with Crippen LogP contribution in [-0.4, -0.2) is 6.61 Å². The molecule has 21 heavy (non-hydrogen) atoms. The number of hydrogen-bond acceptors (Lipinski definition) is 4. The summed E-state index contributed by atoms with van der Waals surface area (Å²) in [5.74, 6) is 0.481. The van der Waals surface area contributed by atoms with Crippen LogP contribution in [0, 0.1) is 0 Å². The Hall–Kier alpha value is -1.61. The smallest absolute Gasteiger partial charge is 0.404 e. The summed E-state index contributed by atoms with van der Waals surface area (Å²) in [4.78, 5) is 0. The Kier molecular flexibility index (Phi) is 4.39. The van der Waals surface area contributed by atoms with Crippen molar-refractivity contribution in [1.29, 1.82) is 0 Å². The van der Waals surface area contributed by atoms with Gasteiger partial charge < -0.3 is 4.52 Å². The second-order valence-electron chi connectivity index (χ2n) is 4.83. The molecule has 1 saturated heterocycles. The van der Waals surface area contributed by atoms with Gasteiger partial charge in [-0.3, -0.25) is 9.05 Å². The molecule has 0 bridgehead atoms. The maximum atomic E-state index is 12.7. The van der Waals surface area contributed by atoms with E-state index >= 15 is 0 Å². The van der Waals surface area contributed by atoms with Crippen molar-refractivity contribution in [3.05, 3.63) is 66.2 Å². The first-order valence-electron chi connectivity index (χ1n) is 6.98. The maximum Gasteiger partial charge on any atom is 0.530 e. The largest absolute Gasteiger partial charge is 0.530 e. The highest BCUT2D eigenvalue weighted by Crippen LogP contribution is 2.55. The molecule has 0 aliphatic carbocycles. The molecule has 2 aromatic rings. The second-order valence-corrected chi connectivity index (χ2v) is 6.38. The molecule has 0 saturated carbocycles. The van der Waals surface area contributed by atoms with Crippen molar-refractivity contribution < 1.29 is 18.1 Å². The molecule has 0 unspecified atom stereocenters. The van der Waals surface area contributed by atoms with Crippen molar-refractivity contribution in [1.82, 2.24) is 0 Å². The van der Waals surface area contributed by atoms with Gasteiger partial charge in [0.2, 0.25) is 0 Å². The third kappa shape index (κ3) is 3.73. The molecule has 2 aromatic carbocycles. The van der Waals surface area contributed by atoms with E-state index in [1.54, 1.807) is 12.1 Å². The van der Waals surface area contributed by atoms with Crippen LogP contribution < -0.4 is 4.52 Å². The summed E-state index contributed by atoms with van der Waals surface area (Å²) in [7, 11) is -3.60. The Morgan fingerprint density at radius 2 is 1.67 bits per heavy atom. The van der Waals surface area contributed by atoms with E-state index in [1.807, 2.05) is 48.5 Å². The number of para-hydroxylation sites is 1. The molecule has 2 atom stereocenters. The predicted octanol–water partition coefficient (Wildman–Crippen LogP) is 4.74. The summed E-state index contributed by atoms with van der Waals surface area (Å²) < 4.78 is 29.3. The molecule has 0 aromatic heterocycles. The first-order valence-corrected chi connectivity index (χ1v) is 8.44. The molecule has 1 aliphatic heterocycles. The number of phosphoric ester groups is 1. The lowest BCUT2D eigenvalue weighted by atomic mass is 10.1. The molecule has 110 valence electrons. The average Bonchev–Trinajstić information content (AvgIpc) is 2.71. The second kappa shape index (κ2) is 6.44. The molecule has 3 rings (SSSR count). The van der Waals surface area contributed by atoms with Crippen LogP contribution in [-0.2, 0) is 13.6 Å². The van der Waals surface area contributed by atoms with E-state index in [0.29, 0.717) is 12.4 Å². The van der Waals surface area contributed by atoms with Gasteiger partial charge in [-0.05, 0) is 30.5 Å². The van der Waals surface area contributed by atoms with Crippen LogP contribution in [0.15, 0.2) is 60.7 Å². The fraction of sp³-hybridized carbons (Fsp3) is 0.250. The third-order valence-electron chi connectivity index (χ3n) is 3.25. The van der Waals surface area contributed by atoms with Gasteiger partial charge in [0.05, 0.1) is 12.7 Å². The SMILES string of the molecule is O=[P@]1(Oc2ccccc2)OCCC[C@H](c2ccccc2)O1. The normalized spacial score (nSPS) is 26.0. The fourth-order valence-electron chi connectivity index (χ4n) is 2.24. The zero-order chi connectivity index (χ0) is 14.5. The summed E-state index contributed by atoms with van der Waals surface area (Å²) >= 11 is 0. The van der Waals surface area contributed by atoms with E-state index in [1.165, 1.54) is 0 Å². The van der Waals surface area contributed by atoms with Gasteiger partial charge in [-0.25, -0.2) is 4.57 Å². The molecule has 4 nitrogen and oxygen atoms in total. The van der Waals surface area contributed by atoms with Crippen LogP contribution in [0.2, 0.25) is 0 Å². The molecular formula is C16H17O4P. The molecule has 0 N–H and O–H groups in total.